The molecule has 0 saturated carbocycles. The maximum atomic E-state index is 6.35. The number of rotatable bonds is 5. The van der Waals surface area contributed by atoms with Crippen LogP contribution in [0.1, 0.15) is 5.56 Å². The van der Waals surface area contributed by atoms with E-state index in [0.717, 1.165) is 45.1 Å². The number of anilines is 5. The molecule has 4 aromatic rings. The van der Waals surface area contributed by atoms with Gasteiger partial charge in [-0.15, -0.1) is 0 Å². The van der Waals surface area contributed by atoms with Crippen LogP contribution in [-0.2, 0) is 0 Å². The molecular formula is C25H23N3. The monoisotopic (exact) mass is 365 g/mol. The van der Waals surface area contributed by atoms with Crippen LogP contribution in [0.15, 0.2) is 97.1 Å². The van der Waals surface area contributed by atoms with Gasteiger partial charge in [-0.2, -0.15) is 0 Å². The van der Waals surface area contributed by atoms with E-state index in [0.29, 0.717) is 0 Å². The fourth-order valence-corrected chi connectivity index (χ4v) is 3.26. The number of aryl methyl sites for hydroxylation is 1. The summed E-state index contributed by atoms with van der Waals surface area (Å²) in [6, 6.07) is 32.8. The van der Waals surface area contributed by atoms with Gasteiger partial charge in [-0.3, -0.25) is 0 Å². The van der Waals surface area contributed by atoms with Gasteiger partial charge in [0.25, 0.3) is 0 Å². The standard InChI is InChI=1S/C25H23N3/c1-18-15-23(17-24(25(18)26)19-9-4-2-5-10-19)28-22-14-8-13-21(16-22)27-20-11-6-3-7-12-20/h2-17,27-28H,26H2,1H3. The molecular weight excluding hydrogens is 342 g/mol. The number of hydrogen-bond donors (Lipinski definition) is 3. The first-order valence-corrected chi connectivity index (χ1v) is 9.34. The van der Waals surface area contributed by atoms with Crippen molar-refractivity contribution >= 4 is 28.4 Å². The summed E-state index contributed by atoms with van der Waals surface area (Å²) in [7, 11) is 0. The van der Waals surface area contributed by atoms with Crippen LogP contribution in [0, 0.1) is 6.92 Å². The van der Waals surface area contributed by atoms with E-state index in [4.69, 9.17) is 5.73 Å². The van der Waals surface area contributed by atoms with Crippen LogP contribution in [0.2, 0.25) is 0 Å². The van der Waals surface area contributed by atoms with Gasteiger partial charge in [0.2, 0.25) is 0 Å². The van der Waals surface area contributed by atoms with Crippen molar-refractivity contribution in [1.29, 1.82) is 0 Å². The Bertz CT molecular complexity index is 1070. The highest BCUT2D eigenvalue weighted by Gasteiger charge is 2.08. The Kier molecular flexibility index (Phi) is 4.98. The molecule has 0 aliphatic rings. The molecule has 3 heteroatoms. The number of nitrogens with two attached hydrogens (primary N) is 1. The molecule has 0 saturated heterocycles. The van der Waals surface area contributed by atoms with E-state index in [1.807, 2.05) is 49.4 Å². The summed E-state index contributed by atoms with van der Waals surface area (Å²) in [6.45, 7) is 2.04. The Balaban J connectivity index is 1.61. The van der Waals surface area contributed by atoms with E-state index in [1.165, 1.54) is 0 Å². The van der Waals surface area contributed by atoms with E-state index >= 15 is 0 Å². The number of nitrogen functional groups attached to an aromatic ring is 1. The summed E-state index contributed by atoms with van der Waals surface area (Å²) in [5.41, 5.74) is 14.5. The minimum atomic E-state index is 0.816. The Hall–Kier alpha value is -3.72. The second kappa shape index (κ2) is 7.89. The van der Waals surface area contributed by atoms with Crippen molar-refractivity contribution in [2.45, 2.75) is 6.92 Å². The molecule has 0 radical (unpaired) electrons. The van der Waals surface area contributed by atoms with Gasteiger partial charge in [0.1, 0.15) is 0 Å². The molecule has 0 atom stereocenters. The predicted octanol–water partition coefficient (Wildman–Crippen LogP) is 6.73. The zero-order valence-electron chi connectivity index (χ0n) is 15.8. The van der Waals surface area contributed by atoms with Crippen molar-refractivity contribution in [2.24, 2.45) is 0 Å². The molecule has 138 valence electrons. The fourth-order valence-electron chi connectivity index (χ4n) is 3.26. The van der Waals surface area contributed by atoms with E-state index in [9.17, 15) is 0 Å². The van der Waals surface area contributed by atoms with Gasteiger partial charge in [-0.1, -0.05) is 54.6 Å². The van der Waals surface area contributed by atoms with E-state index in [1.54, 1.807) is 0 Å². The summed E-state index contributed by atoms with van der Waals surface area (Å²) in [5.74, 6) is 0. The molecule has 0 spiro atoms. The van der Waals surface area contributed by atoms with Crippen molar-refractivity contribution in [3.05, 3.63) is 103 Å². The molecule has 0 aromatic heterocycles. The summed E-state index contributed by atoms with van der Waals surface area (Å²) >= 11 is 0. The Morgan fingerprint density at radius 2 is 1.14 bits per heavy atom. The maximum Gasteiger partial charge on any atom is 0.0424 e. The van der Waals surface area contributed by atoms with Crippen LogP contribution in [0.5, 0.6) is 0 Å². The molecule has 0 bridgehead atoms. The number of nitrogens with one attached hydrogen (secondary N) is 2. The first-order chi connectivity index (χ1) is 13.7. The molecule has 0 aliphatic carbocycles. The Morgan fingerprint density at radius 1 is 0.571 bits per heavy atom. The van der Waals surface area contributed by atoms with Crippen molar-refractivity contribution in [3.63, 3.8) is 0 Å². The fraction of sp³-hybridized carbons (Fsp3) is 0.0400. The average Bonchev–Trinajstić information content (AvgIpc) is 2.72. The SMILES string of the molecule is Cc1cc(Nc2cccc(Nc3ccccc3)c2)cc(-c2ccccc2)c1N. The molecule has 3 nitrogen and oxygen atoms in total. The zero-order valence-corrected chi connectivity index (χ0v) is 15.8. The molecule has 0 fully saturated rings. The van der Waals surface area contributed by atoms with Crippen molar-refractivity contribution < 1.29 is 0 Å². The third-order valence-electron chi connectivity index (χ3n) is 4.69. The molecule has 0 unspecified atom stereocenters. The quantitative estimate of drug-likeness (QED) is 0.344. The van der Waals surface area contributed by atoms with Crippen LogP contribution in [0.3, 0.4) is 0 Å². The first-order valence-electron chi connectivity index (χ1n) is 9.34. The lowest BCUT2D eigenvalue weighted by Gasteiger charge is -2.15. The van der Waals surface area contributed by atoms with Crippen LogP contribution in [0.4, 0.5) is 28.4 Å². The normalized spacial score (nSPS) is 10.5. The smallest absolute Gasteiger partial charge is 0.0424 e. The topological polar surface area (TPSA) is 50.1 Å². The van der Waals surface area contributed by atoms with Gasteiger partial charge in [0, 0.05) is 34.0 Å². The average molecular weight is 365 g/mol. The predicted molar refractivity (Wildman–Crippen MR) is 120 cm³/mol. The summed E-state index contributed by atoms with van der Waals surface area (Å²) in [5, 5.41) is 6.94. The Labute approximate surface area is 165 Å². The lowest BCUT2D eigenvalue weighted by molar-refractivity contribution is 1.44. The minimum absolute atomic E-state index is 0.816. The van der Waals surface area contributed by atoms with Gasteiger partial charge >= 0.3 is 0 Å². The highest BCUT2D eigenvalue weighted by Crippen LogP contribution is 2.33. The van der Waals surface area contributed by atoms with Crippen LogP contribution >= 0.6 is 0 Å². The molecule has 4 rings (SSSR count). The molecule has 28 heavy (non-hydrogen) atoms. The van der Waals surface area contributed by atoms with E-state index in [-0.39, 0.29) is 0 Å². The number of para-hydroxylation sites is 1. The van der Waals surface area contributed by atoms with Crippen LogP contribution in [-0.4, -0.2) is 0 Å². The van der Waals surface area contributed by atoms with Gasteiger partial charge in [-0.05, 0) is 60.5 Å². The zero-order chi connectivity index (χ0) is 19.3. The first kappa shape index (κ1) is 17.7. The second-order valence-electron chi connectivity index (χ2n) is 6.82. The van der Waals surface area contributed by atoms with E-state index in [2.05, 4.69) is 65.2 Å². The van der Waals surface area contributed by atoms with Crippen LogP contribution < -0.4 is 16.4 Å². The third-order valence-corrected chi connectivity index (χ3v) is 4.69. The molecule has 4 aromatic carbocycles. The number of hydrogen-bond acceptors (Lipinski definition) is 3. The highest BCUT2D eigenvalue weighted by atomic mass is 14.9. The maximum absolute atomic E-state index is 6.35. The van der Waals surface area contributed by atoms with Crippen LogP contribution in [0.25, 0.3) is 11.1 Å². The largest absolute Gasteiger partial charge is 0.398 e. The van der Waals surface area contributed by atoms with Gasteiger partial charge in [0.15, 0.2) is 0 Å². The minimum Gasteiger partial charge on any atom is -0.398 e. The summed E-state index contributed by atoms with van der Waals surface area (Å²) in [4.78, 5) is 0. The van der Waals surface area contributed by atoms with Crippen molar-refractivity contribution in [2.75, 3.05) is 16.4 Å². The summed E-state index contributed by atoms with van der Waals surface area (Å²) < 4.78 is 0. The van der Waals surface area contributed by atoms with E-state index < -0.39 is 0 Å². The van der Waals surface area contributed by atoms with Crippen molar-refractivity contribution in [1.82, 2.24) is 0 Å². The molecule has 0 amide bonds. The van der Waals surface area contributed by atoms with Gasteiger partial charge in [-0.25, -0.2) is 0 Å². The lowest BCUT2D eigenvalue weighted by atomic mass is 10.00. The van der Waals surface area contributed by atoms with Gasteiger partial charge < -0.3 is 16.4 Å². The number of benzene rings is 4. The third kappa shape index (κ3) is 3.99. The molecule has 0 aliphatic heterocycles. The molecule has 0 heterocycles. The highest BCUT2D eigenvalue weighted by molar-refractivity contribution is 5.83. The second-order valence-corrected chi connectivity index (χ2v) is 6.82. The molecule has 4 N–H and O–H groups in total. The summed E-state index contributed by atoms with van der Waals surface area (Å²) in [6.07, 6.45) is 0. The van der Waals surface area contributed by atoms with Gasteiger partial charge in [0.05, 0.1) is 0 Å². The Morgan fingerprint density at radius 3 is 1.82 bits per heavy atom. The van der Waals surface area contributed by atoms with Crippen molar-refractivity contribution in [3.8, 4) is 11.1 Å². The lowest BCUT2D eigenvalue weighted by Crippen LogP contribution is -1.98.